The van der Waals surface area contributed by atoms with E-state index in [1.54, 1.807) is 6.08 Å². The first-order valence-corrected chi connectivity index (χ1v) is 9.17. The number of halogens is 1. The Morgan fingerprint density at radius 2 is 2.15 bits per heavy atom. The zero-order chi connectivity index (χ0) is 14.0. The van der Waals surface area contributed by atoms with Crippen LogP contribution in [0.1, 0.15) is 49.1 Å². The van der Waals surface area contributed by atoms with Crippen LogP contribution in [0.2, 0.25) is 0 Å². The van der Waals surface area contributed by atoms with E-state index in [9.17, 15) is 4.79 Å². The van der Waals surface area contributed by atoms with Gasteiger partial charge in [-0.15, -0.1) is 0 Å². The highest BCUT2D eigenvalue weighted by molar-refractivity contribution is 9.10. The van der Waals surface area contributed by atoms with Crippen molar-refractivity contribution in [3.63, 3.8) is 0 Å². The van der Waals surface area contributed by atoms with Crippen molar-refractivity contribution in [3.05, 3.63) is 33.8 Å². The molecule has 0 radical (unpaired) electrons. The molecule has 0 bridgehead atoms. The molecule has 0 aromatic heterocycles. The molecule has 0 spiro atoms. The highest BCUT2D eigenvalue weighted by Crippen LogP contribution is 2.44. The molecule has 1 aromatic rings. The molecule has 1 heterocycles. The minimum absolute atomic E-state index is 0.312. The van der Waals surface area contributed by atoms with Crippen LogP contribution in [0, 0.1) is 0 Å². The predicted octanol–water partition coefficient (Wildman–Crippen LogP) is 4.77. The monoisotopic (exact) mass is 351 g/mol. The van der Waals surface area contributed by atoms with Crippen LogP contribution in [-0.4, -0.2) is 17.6 Å². The van der Waals surface area contributed by atoms with Gasteiger partial charge in [0.05, 0.1) is 5.54 Å². The van der Waals surface area contributed by atoms with Gasteiger partial charge in [0.15, 0.2) is 0 Å². The van der Waals surface area contributed by atoms with Gasteiger partial charge in [-0.1, -0.05) is 40.9 Å². The van der Waals surface area contributed by atoms with Crippen molar-refractivity contribution in [1.82, 2.24) is 0 Å². The fraction of sp³-hybridized carbons (Fsp3) is 0.562. The van der Waals surface area contributed by atoms with Crippen LogP contribution in [0.15, 0.2) is 27.7 Å². The van der Waals surface area contributed by atoms with Crippen LogP contribution in [-0.2, 0) is 10.3 Å². The summed E-state index contributed by atoms with van der Waals surface area (Å²) < 4.78 is 1.18. The lowest BCUT2D eigenvalue weighted by atomic mass is 9.87. The van der Waals surface area contributed by atoms with Gasteiger partial charge < -0.3 is 0 Å². The van der Waals surface area contributed by atoms with E-state index in [0.29, 0.717) is 5.92 Å². The van der Waals surface area contributed by atoms with Gasteiger partial charge in [0.2, 0.25) is 6.08 Å². The third-order valence-electron chi connectivity index (χ3n) is 4.60. The molecule has 1 saturated carbocycles. The van der Waals surface area contributed by atoms with Gasteiger partial charge in [-0.2, -0.15) is 16.8 Å². The van der Waals surface area contributed by atoms with Crippen LogP contribution >= 0.6 is 27.7 Å². The number of nitrogens with zero attached hydrogens (tertiary/aromatic N) is 1. The zero-order valence-electron chi connectivity index (χ0n) is 11.4. The van der Waals surface area contributed by atoms with E-state index < -0.39 is 0 Å². The maximum atomic E-state index is 10.8. The molecular formula is C16H18BrNOS. The Morgan fingerprint density at radius 3 is 2.75 bits per heavy atom. The largest absolute Gasteiger partial charge is 0.235 e. The van der Waals surface area contributed by atoms with Crippen molar-refractivity contribution in [3.8, 4) is 0 Å². The molecule has 4 heteroatoms. The molecule has 1 saturated heterocycles. The highest BCUT2D eigenvalue weighted by Gasteiger charge is 2.36. The quantitative estimate of drug-likeness (QED) is 0.579. The predicted molar refractivity (Wildman–Crippen MR) is 87.1 cm³/mol. The Bertz CT molecular complexity index is 541. The topological polar surface area (TPSA) is 29.4 Å². The Balaban J connectivity index is 1.94. The number of isocyanates is 1. The van der Waals surface area contributed by atoms with Crippen molar-refractivity contribution >= 4 is 33.8 Å². The van der Waals surface area contributed by atoms with Crippen LogP contribution < -0.4 is 0 Å². The summed E-state index contributed by atoms with van der Waals surface area (Å²) in [6.45, 7) is 0. The van der Waals surface area contributed by atoms with Crippen molar-refractivity contribution in [2.45, 2.75) is 43.6 Å². The number of hydrogen-bond donors (Lipinski definition) is 0. The summed E-state index contributed by atoms with van der Waals surface area (Å²) in [5.74, 6) is 3.14. The molecule has 0 amide bonds. The molecule has 1 unspecified atom stereocenters. The minimum atomic E-state index is -0.312. The molecule has 1 aliphatic heterocycles. The SMILES string of the molecule is O=C=NC1(c2ccc(C3CCSC3)c(Br)c2)CCCC1. The summed E-state index contributed by atoms with van der Waals surface area (Å²) in [4.78, 5) is 15.0. The average Bonchev–Trinajstić information content (AvgIpc) is 3.10. The molecule has 1 aliphatic carbocycles. The fourth-order valence-corrected chi connectivity index (χ4v) is 5.39. The third-order valence-corrected chi connectivity index (χ3v) is 6.45. The van der Waals surface area contributed by atoms with E-state index in [0.717, 1.165) is 25.7 Å². The highest BCUT2D eigenvalue weighted by atomic mass is 79.9. The molecule has 1 atom stereocenters. The number of benzene rings is 1. The first kappa shape index (κ1) is 14.4. The lowest BCUT2D eigenvalue weighted by molar-refractivity contribution is 0.455. The van der Waals surface area contributed by atoms with Gasteiger partial charge in [0.25, 0.3) is 0 Å². The summed E-state index contributed by atoms with van der Waals surface area (Å²) >= 11 is 5.76. The van der Waals surface area contributed by atoms with E-state index in [4.69, 9.17) is 0 Å². The van der Waals surface area contributed by atoms with Gasteiger partial charge in [0.1, 0.15) is 0 Å². The van der Waals surface area contributed by atoms with E-state index in [1.807, 2.05) is 11.8 Å². The molecule has 2 fully saturated rings. The Labute approximate surface area is 132 Å². The van der Waals surface area contributed by atoms with Crippen molar-refractivity contribution in [2.24, 2.45) is 4.99 Å². The van der Waals surface area contributed by atoms with Crippen molar-refractivity contribution in [2.75, 3.05) is 11.5 Å². The molecule has 20 heavy (non-hydrogen) atoms. The summed E-state index contributed by atoms with van der Waals surface area (Å²) in [6.07, 6.45) is 7.28. The fourth-order valence-electron chi connectivity index (χ4n) is 3.44. The standard InChI is InChI=1S/C16H18BrNOS/c17-15-9-13(16(18-11-19)6-1-2-7-16)3-4-14(15)12-5-8-20-10-12/h3-4,9,12H,1-2,5-8,10H2. The minimum Gasteiger partial charge on any atom is -0.211 e. The first-order valence-electron chi connectivity index (χ1n) is 7.22. The molecule has 1 aromatic carbocycles. The van der Waals surface area contributed by atoms with Gasteiger partial charge in [0, 0.05) is 10.2 Å². The summed E-state index contributed by atoms with van der Waals surface area (Å²) in [7, 11) is 0. The molecular weight excluding hydrogens is 334 g/mol. The van der Waals surface area contributed by atoms with Crippen LogP contribution in [0.25, 0.3) is 0 Å². The summed E-state index contributed by atoms with van der Waals surface area (Å²) in [6, 6.07) is 6.59. The smallest absolute Gasteiger partial charge is 0.211 e. The van der Waals surface area contributed by atoms with Crippen molar-refractivity contribution < 1.29 is 4.79 Å². The number of hydrogen-bond acceptors (Lipinski definition) is 3. The Morgan fingerprint density at radius 1 is 1.35 bits per heavy atom. The molecule has 3 rings (SSSR count). The lowest BCUT2D eigenvalue weighted by Gasteiger charge is -2.24. The second kappa shape index (κ2) is 6.05. The van der Waals surface area contributed by atoms with E-state index in [1.165, 1.54) is 33.5 Å². The van der Waals surface area contributed by atoms with E-state index in [2.05, 4.69) is 39.1 Å². The van der Waals surface area contributed by atoms with Crippen molar-refractivity contribution in [1.29, 1.82) is 0 Å². The maximum Gasteiger partial charge on any atom is 0.235 e. The summed E-state index contributed by atoms with van der Waals surface area (Å²) in [5.41, 5.74) is 2.26. The normalized spacial score (nSPS) is 24.6. The first-order chi connectivity index (χ1) is 9.75. The molecule has 2 nitrogen and oxygen atoms in total. The third kappa shape index (κ3) is 2.61. The molecule has 2 aliphatic rings. The van der Waals surface area contributed by atoms with Crippen LogP contribution in [0.4, 0.5) is 0 Å². The Kier molecular flexibility index (Phi) is 4.34. The van der Waals surface area contributed by atoms with E-state index >= 15 is 0 Å². The molecule has 106 valence electrons. The van der Waals surface area contributed by atoms with E-state index in [-0.39, 0.29) is 5.54 Å². The lowest BCUT2D eigenvalue weighted by Crippen LogP contribution is -2.19. The second-order valence-electron chi connectivity index (χ2n) is 5.74. The molecule has 0 N–H and O–H groups in total. The van der Waals surface area contributed by atoms with Gasteiger partial charge in [-0.25, -0.2) is 4.79 Å². The van der Waals surface area contributed by atoms with Crippen LogP contribution in [0.3, 0.4) is 0 Å². The van der Waals surface area contributed by atoms with Gasteiger partial charge in [-0.05, 0) is 48.1 Å². The van der Waals surface area contributed by atoms with Crippen LogP contribution in [0.5, 0.6) is 0 Å². The number of carbonyl (C=O) groups excluding carboxylic acids is 1. The maximum absolute atomic E-state index is 10.8. The Hall–Kier alpha value is -0.570. The second-order valence-corrected chi connectivity index (χ2v) is 7.74. The number of thioether (sulfide) groups is 1. The van der Waals surface area contributed by atoms with Gasteiger partial charge >= 0.3 is 0 Å². The van der Waals surface area contributed by atoms with Gasteiger partial charge in [-0.3, -0.25) is 0 Å². The average molecular weight is 352 g/mol. The zero-order valence-corrected chi connectivity index (χ0v) is 13.8. The number of aliphatic imine (C=N–C) groups is 1. The summed E-state index contributed by atoms with van der Waals surface area (Å²) in [5, 5.41) is 0. The number of rotatable bonds is 3.